The van der Waals surface area contributed by atoms with Gasteiger partial charge in [0.1, 0.15) is 18.2 Å². The number of hydrogen-bond acceptors (Lipinski definition) is 4. The van der Waals surface area contributed by atoms with Crippen LogP contribution in [-0.4, -0.2) is 19.9 Å². The van der Waals surface area contributed by atoms with Gasteiger partial charge in [0, 0.05) is 18.4 Å². The lowest BCUT2D eigenvalue weighted by atomic mass is 10.2. The first-order chi connectivity index (χ1) is 8.63. The van der Waals surface area contributed by atoms with Crippen LogP contribution in [0.1, 0.15) is 11.4 Å². The zero-order chi connectivity index (χ0) is 13.1. The molecule has 0 unspecified atom stereocenters. The maximum atomic E-state index is 13.4. The van der Waals surface area contributed by atoms with Crippen LogP contribution in [0.3, 0.4) is 0 Å². The fourth-order valence-electron chi connectivity index (χ4n) is 1.42. The lowest BCUT2D eigenvalue weighted by Gasteiger charge is -2.04. The van der Waals surface area contributed by atoms with Crippen LogP contribution in [0.15, 0.2) is 23.4 Å². The number of aromatic nitrogens is 3. The van der Waals surface area contributed by atoms with Crippen molar-refractivity contribution in [1.82, 2.24) is 14.8 Å². The third-order valence-corrected chi connectivity index (χ3v) is 3.52. The molecule has 0 atom stereocenters. The van der Waals surface area contributed by atoms with Crippen LogP contribution in [0, 0.1) is 11.6 Å². The number of thioether (sulfide) groups is 1. The van der Waals surface area contributed by atoms with Crippen LogP contribution >= 0.6 is 11.8 Å². The van der Waals surface area contributed by atoms with E-state index in [0.29, 0.717) is 11.0 Å². The molecule has 0 fully saturated rings. The number of benzene rings is 1. The summed E-state index contributed by atoms with van der Waals surface area (Å²) in [6.45, 7) is -0.224. The Bertz CT molecular complexity index is 539. The Hall–Kier alpha value is -1.47. The minimum atomic E-state index is -0.577. The van der Waals surface area contributed by atoms with Crippen molar-refractivity contribution in [1.29, 1.82) is 0 Å². The molecule has 0 saturated carbocycles. The molecule has 0 amide bonds. The number of hydrogen-bond donors (Lipinski definition) is 1. The van der Waals surface area contributed by atoms with E-state index in [1.165, 1.54) is 18.2 Å². The fraction of sp³-hybridized carbons (Fsp3) is 0.273. The molecule has 0 aliphatic heterocycles. The predicted octanol–water partition coefficient (Wildman–Crippen LogP) is 1.88. The zero-order valence-corrected chi connectivity index (χ0v) is 10.4. The lowest BCUT2D eigenvalue weighted by Crippen LogP contribution is -1.99. The summed E-state index contributed by atoms with van der Waals surface area (Å²) in [5, 5.41) is 17.0. The third kappa shape index (κ3) is 2.51. The Labute approximate surface area is 107 Å². The van der Waals surface area contributed by atoms with Crippen LogP contribution in [0.25, 0.3) is 0 Å². The van der Waals surface area contributed by atoms with E-state index < -0.39 is 11.6 Å². The quantitative estimate of drug-likeness (QED) is 0.863. The fourth-order valence-corrected chi connectivity index (χ4v) is 2.36. The highest BCUT2D eigenvalue weighted by molar-refractivity contribution is 7.98. The minimum absolute atomic E-state index is 0.0102. The standard InChI is InChI=1S/C11H11F2N3OS/c1-16-10(5-17)14-15-11(16)18-6-7-8(12)3-2-4-9(7)13/h2-4,17H,5-6H2,1H3. The second-order valence-electron chi connectivity index (χ2n) is 3.60. The number of rotatable bonds is 4. The molecule has 0 bridgehead atoms. The van der Waals surface area contributed by atoms with E-state index in [4.69, 9.17) is 5.11 Å². The van der Waals surface area contributed by atoms with Crippen LogP contribution in [0.2, 0.25) is 0 Å². The summed E-state index contributed by atoms with van der Waals surface area (Å²) in [7, 11) is 1.69. The number of nitrogens with zero attached hydrogens (tertiary/aromatic N) is 3. The van der Waals surface area contributed by atoms with Crippen molar-refractivity contribution >= 4 is 11.8 Å². The summed E-state index contributed by atoms with van der Waals surface area (Å²) in [6, 6.07) is 3.76. The summed E-state index contributed by atoms with van der Waals surface area (Å²) in [4.78, 5) is 0. The molecule has 2 rings (SSSR count). The smallest absolute Gasteiger partial charge is 0.191 e. The van der Waals surface area contributed by atoms with Gasteiger partial charge >= 0.3 is 0 Å². The molecular weight excluding hydrogens is 260 g/mol. The molecule has 1 N–H and O–H groups in total. The van der Waals surface area contributed by atoms with Crippen molar-refractivity contribution in [3.63, 3.8) is 0 Å². The van der Waals surface area contributed by atoms with Gasteiger partial charge in [-0.25, -0.2) is 8.78 Å². The number of aliphatic hydroxyl groups excluding tert-OH is 1. The molecule has 1 aromatic heterocycles. The molecule has 4 nitrogen and oxygen atoms in total. The maximum absolute atomic E-state index is 13.4. The molecule has 7 heteroatoms. The third-order valence-electron chi connectivity index (χ3n) is 2.47. The van der Waals surface area contributed by atoms with E-state index in [0.717, 1.165) is 11.8 Å². The Kier molecular flexibility index (Phi) is 3.93. The van der Waals surface area contributed by atoms with Gasteiger partial charge in [-0.05, 0) is 12.1 Å². The second-order valence-corrected chi connectivity index (χ2v) is 4.55. The summed E-state index contributed by atoms with van der Waals surface area (Å²) in [5.74, 6) is -0.624. The van der Waals surface area contributed by atoms with E-state index in [9.17, 15) is 8.78 Å². The van der Waals surface area contributed by atoms with E-state index in [2.05, 4.69) is 10.2 Å². The minimum Gasteiger partial charge on any atom is -0.388 e. The van der Waals surface area contributed by atoms with Crippen LogP contribution < -0.4 is 0 Å². The average Bonchev–Trinajstić information content (AvgIpc) is 2.70. The molecule has 0 saturated heterocycles. The van der Waals surface area contributed by atoms with E-state index in [-0.39, 0.29) is 17.9 Å². The number of halogens is 2. The first-order valence-electron chi connectivity index (χ1n) is 5.18. The van der Waals surface area contributed by atoms with Gasteiger partial charge in [-0.3, -0.25) is 0 Å². The highest BCUT2D eigenvalue weighted by Gasteiger charge is 2.12. The van der Waals surface area contributed by atoms with Crippen molar-refractivity contribution in [3.8, 4) is 0 Å². The van der Waals surface area contributed by atoms with Crippen LogP contribution in [-0.2, 0) is 19.4 Å². The molecule has 0 aliphatic carbocycles. The summed E-state index contributed by atoms with van der Waals surface area (Å²) >= 11 is 1.16. The number of aliphatic hydroxyl groups is 1. The average molecular weight is 271 g/mol. The van der Waals surface area contributed by atoms with Crippen molar-refractivity contribution < 1.29 is 13.9 Å². The Morgan fingerprint density at radius 2 is 1.94 bits per heavy atom. The van der Waals surface area contributed by atoms with Gasteiger partial charge < -0.3 is 9.67 Å². The second kappa shape index (κ2) is 5.45. The lowest BCUT2D eigenvalue weighted by molar-refractivity contribution is 0.266. The van der Waals surface area contributed by atoms with Gasteiger partial charge in [-0.1, -0.05) is 17.8 Å². The maximum Gasteiger partial charge on any atom is 0.191 e. The molecule has 0 spiro atoms. The normalized spacial score (nSPS) is 10.9. The SMILES string of the molecule is Cn1c(CO)nnc1SCc1c(F)cccc1F. The van der Waals surface area contributed by atoms with Crippen molar-refractivity contribution in [2.75, 3.05) is 0 Å². The highest BCUT2D eigenvalue weighted by Crippen LogP contribution is 2.24. The Morgan fingerprint density at radius 3 is 2.50 bits per heavy atom. The molecule has 1 heterocycles. The van der Waals surface area contributed by atoms with Crippen LogP contribution in [0.5, 0.6) is 0 Å². The summed E-state index contributed by atoms with van der Waals surface area (Å²) < 4.78 is 28.4. The van der Waals surface area contributed by atoms with Gasteiger partial charge in [0.15, 0.2) is 11.0 Å². The van der Waals surface area contributed by atoms with Gasteiger partial charge in [0.2, 0.25) is 0 Å². The Balaban J connectivity index is 2.14. The monoisotopic (exact) mass is 271 g/mol. The largest absolute Gasteiger partial charge is 0.388 e. The first kappa shape index (κ1) is 13.0. The predicted molar refractivity (Wildman–Crippen MR) is 62.8 cm³/mol. The van der Waals surface area contributed by atoms with E-state index >= 15 is 0 Å². The molecule has 0 aliphatic rings. The molecule has 96 valence electrons. The molecule has 2 aromatic rings. The van der Waals surface area contributed by atoms with Gasteiger partial charge in [-0.2, -0.15) is 0 Å². The van der Waals surface area contributed by atoms with Crippen molar-refractivity contribution in [2.24, 2.45) is 7.05 Å². The van der Waals surface area contributed by atoms with E-state index in [1.54, 1.807) is 11.6 Å². The first-order valence-corrected chi connectivity index (χ1v) is 6.17. The summed E-state index contributed by atoms with van der Waals surface area (Å²) in [6.07, 6.45) is 0. The summed E-state index contributed by atoms with van der Waals surface area (Å²) in [5.41, 5.74) is 0.0102. The van der Waals surface area contributed by atoms with Gasteiger partial charge in [0.25, 0.3) is 0 Å². The van der Waals surface area contributed by atoms with Gasteiger partial charge in [-0.15, -0.1) is 10.2 Å². The molecule has 18 heavy (non-hydrogen) atoms. The van der Waals surface area contributed by atoms with Crippen molar-refractivity contribution in [3.05, 3.63) is 41.2 Å². The van der Waals surface area contributed by atoms with Crippen molar-refractivity contribution in [2.45, 2.75) is 17.5 Å². The topological polar surface area (TPSA) is 50.9 Å². The Morgan fingerprint density at radius 1 is 1.28 bits per heavy atom. The molecule has 1 aromatic carbocycles. The van der Waals surface area contributed by atoms with Crippen LogP contribution in [0.4, 0.5) is 8.78 Å². The molecule has 0 radical (unpaired) electrons. The van der Waals surface area contributed by atoms with E-state index in [1.807, 2.05) is 0 Å². The van der Waals surface area contributed by atoms with Gasteiger partial charge in [0.05, 0.1) is 0 Å². The molecular formula is C11H11F2N3OS. The highest BCUT2D eigenvalue weighted by atomic mass is 32.2. The zero-order valence-electron chi connectivity index (χ0n) is 9.60.